The van der Waals surface area contributed by atoms with Crippen LogP contribution in [0.25, 0.3) is 0 Å². The van der Waals surface area contributed by atoms with Gasteiger partial charge in [-0.05, 0) is 49.6 Å². The molecule has 1 aromatic heterocycles. The van der Waals surface area contributed by atoms with Gasteiger partial charge in [-0.25, -0.2) is 4.98 Å². The van der Waals surface area contributed by atoms with Crippen molar-refractivity contribution in [3.05, 3.63) is 87.4 Å². The van der Waals surface area contributed by atoms with Crippen molar-refractivity contribution in [3.8, 4) is 0 Å². The molecule has 1 saturated carbocycles. The average molecular weight is 414 g/mol. The molecule has 0 atom stereocenters. The molecule has 1 aliphatic rings. The predicted octanol–water partition coefficient (Wildman–Crippen LogP) is 5.35. The first kappa shape index (κ1) is 19.0. The van der Waals surface area contributed by atoms with Gasteiger partial charge in [0, 0.05) is 34.0 Å². The van der Waals surface area contributed by atoms with Crippen LogP contribution in [0, 0.1) is 6.92 Å². The van der Waals surface area contributed by atoms with Gasteiger partial charge >= 0.3 is 0 Å². The standard InChI is InChI=1S/C22H21Cl2N3O/c1-15-2-4-16(5-3-15)22(28)27(19-8-9-19)14-21-25-10-11-26(21)13-17-6-7-18(23)12-20(17)24/h2-7,10-12,19H,8-9,13-14H2,1H3. The van der Waals surface area contributed by atoms with E-state index >= 15 is 0 Å². The smallest absolute Gasteiger partial charge is 0.254 e. The van der Waals surface area contributed by atoms with Gasteiger partial charge in [0.15, 0.2) is 0 Å². The molecule has 1 heterocycles. The van der Waals surface area contributed by atoms with Crippen molar-refractivity contribution in [1.82, 2.24) is 14.5 Å². The normalized spacial score (nSPS) is 13.5. The number of amides is 1. The summed E-state index contributed by atoms with van der Waals surface area (Å²) in [5.74, 6) is 0.903. The molecule has 0 N–H and O–H groups in total. The molecule has 28 heavy (non-hydrogen) atoms. The van der Waals surface area contributed by atoms with Crippen molar-refractivity contribution in [2.45, 2.75) is 38.9 Å². The molecule has 144 valence electrons. The third-order valence-corrected chi connectivity index (χ3v) is 5.60. The Bertz CT molecular complexity index is 993. The van der Waals surface area contributed by atoms with Crippen LogP contribution in [-0.4, -0.2) is 26.4 Å². The summed E-state index contributed by atoms with van der Waals surface area (Å²) in [6.07, 6.45) is 5.77. The molecule has 4 rings (SSSR count). The summed E-state index contributed by atoms with van der Waals surface area (Å²) in [6.45, 7) is 3.09. The Morgan fingerprint density at radius 1 is 1.18 bits per heavy atom. The molecule has 1 amide bonds. The van der Waals surface area contributed by atoms with E-state index in [1.54, 1.807) is 12.3 Å². The monoisotopic (exact) mass is 413 g/mol. The van der Waals surface area contributed by atoms with E-state index in [4.69, 9.17) is 23.2 Å². The first-order valence-corrected chi connectivity index (χ1v) is 10.1. The lowest BCUT2D eigenvalue weighted by Crippen LogP contribution is -2.33. The van der Waals surface area contributed by atoms with E-state index in [9.17, 15) is 4.79 Å². The van der Waals surface area contributed by atoms with E-state index in [-0.39, 0.29) is 11.9 Å². The molecule has 3 aromatic rings. The van der Waals surface area contributed by atoms with E-state index < -0.39 is 0 Å². The zero-order valence-corrected chi connectivity index (χ0v) is 17.1. The van der Waals surface area contributed by atoms with E-state index in [2.05, 4.69) is 4.98 Å². The highest BCUT2D eigenvalue weighted by Crippen LogP contribution is 2.30. The quantitative estimate of drug-likeness (QED) is 0.545. The van der Waals surface area contributed by atoms with Gasteiger partial charge in [0.25, 0.3) is 5.91 Å². The molecule has 4 nitrogen and oxygen atoms in total. The van der Waals surface area contributed by atoms with Crippen LogP contribution in [0.2, 0.25) is 10.0 Å². The maximum Gasteiger partial charge on any atom is 0.254 e. The molecule has 0 aliphatic heterocycles. The SMILES string of the molecule is Cc1ccc(C(=O)N(Cc2nccn2Cc2ccc(Cl)cc2Cl)C2CC2)cc1. The Kier molecular flexibility index (Phi) is 5.42. The van der Waals surface area contributed by atoms with Crippen LogP contribution in [0.3, 0.4) is 0 Å². The number of halogens is 2. The predicted molar refractivity (Wildman–Crippen MR) is 112 cm³/mol. The van der Waals surface area contributed by atoms with Crippen molar-refractivity contribution in [3.63, 3.8) is 0 Å². The van der Waals surface area contributed by atoms with Crippen LogP contribution >= 0.6 is 23.2 Å². The van der Waals surface area contributed by atoms with Gasteiger partial charge in [-0.1, -0.05) is 47.0 Å². The minimum Gasteiger partial charge on any atom is -0.329 e. The van der Waals surface area contributed by atoms with E-state index in [0.29, 0.717) is 23.1 Å². The Hall–Kier alpha value is -2.30. The van der Waals surface area contributed by atoms with Crippen molar-refractivity contribution in [2.24, 2.45) is 0 Å². The molecule has 1 fully saturated rings. The minimum atomic E-state index is 0.0570. The fourth-order valence-electron chi connectivity index (χ4n) is 3.24. The first-order chi connectivity index (χ1) is 13.5. The highest BCUT2D eigenvalue weighted by atomic mass is 35.5. The van der Waals surface area contributed by atoms with Crippen LogP contribution in [0.4, 0.5) is 0 Å². The fourth-order valence-corrected chi connectivity index (χ4v) is 3.70. The number of rotatable bonds is 6. The number of aryl methyl sites for hydroxylation is 1. The molecular weight excluding hydrogens is 393 g/mol. The van der Waals surface area contributed by atoms with Crippen molar-refractivity contribution in [2.75, 3.05) is 0 Å². The maximum absolute atomic E-state index is 13.1. The third-order valence-electron chi connectivity index (χ3n) is 5.02. The number of imidazole rings is 1. The van der Waals surface area contributed by atoms with Crippen LogP contribution in [-0.2, 0) is 13.1 Å². The van der Waals surface area contributed by atoms with Crippen molar-refractivity contribution >= 4 is 29.1 Å². The van der Waals surface area contributed by atoms with Crippen molar-refractivity contribution < 1.29 is 4.79 Å². The number of aromatic nitrogens is 2. The second-order valence-electron chi connectivity index (χ2n) is 7.24. The zero-order valence-electron chi connectivity index (χ0n) is 15.6. The summed E-state index contributed by atoms with van der Waals surface area (Å²) in [4.78, 5) is 19.5. The summed E-state index contributed by atoms with van der Waals surface area (Å²) in [5, 5.41) is 1.24. The first-order valence-electron chi connectivity index (χ1n) is 9.33. The number of nitrogens with zero attached hydrogens (tertiary/aromatic N) is 3. The van der Waals surface area contributed by atoms with Crippen molar-refractivity contribution in [1.29, 1.82) is 0 Å². The maximum atomic E-state index is 13.1. The topological polar surface area (TPSA) is 38.1 Å². The Balaban J connectivity index is 1.55. The molecule has 0 spiro atoms. The van der Waals surface area contributed by atoms with Crippen LogP contribution in [0.5, 0.6) is 0 Å². The van der Waals surface area contributed by atoms with Gasteiger partial charge in [-0.2, -0.15) is 0 Å². The van der Waals surface area contributed by atoms with Gasteiger partial charge in [0.1, 0.15) is 5.82 Å². The van der Waals surface area contributed by atoms with Gasteiger partial charge in [-0.3, -0.25) is 4.79 Å². The summed E-state index contributed by atoms with van der Waals surface area (Å²) < 4.78 is 2.03. The molecule has 2 aromatic carbocycles. The van der Waals surface area contributed by atoms with Gasteiger partial charge < -0.3 is 9.47 Å². The number of hydrogen-bond donors (Lipinski definition) is 0. The zero-order chi connectivity index (χ0) is 19.7. The summed E-state index contributed by atoms with van der Waals surface area (Å²) >= 11 is 12.3. The van der Waals surface area contributed by atoms with E-state index in [1.807, 2.05) is 59.0 Å². The molecular formula is C22H21Cl2N3O. The van der Waals surface area contributed by atoms with Gasteiger partial charge in [0.05, 0.1) is 13.1 Å². The number of hydrogen-bond acceptors (Lipinski definition) is 2. The summed E-state index contributed by atoms with van der Waals surface area (Å²) in [6, 6.07) is 13.5. The molecule has 1 aliphatic carbocycles. The molecule has 0 radical (unpaired) electrons. The van der Waals surface area contributed by atoms with Gasteiger partial charge in [-0.15, -0.1) is 0 Å². The van der Waals surface area contributed by atoms with Crippen LogP contribution in [0.1, 0.15) is 40.2 Å². The minimum absolute atomic E-state index is 0.0570. The number of carbonyl (C=O) groups is 1. The Morgan fingerprint density at radius 2 is 1.93 bits per heavy atom. The Labute approximate surface area is 174 Å². The second kappa shape index (κ2) is 7.98. The molecule has 0 unspecified atom stereocenters. The van der Waals surface area contributed by atoms with Crippen LogP contribution < -0.4 is 0 Å². The second-order valence-corrected chi connectivity index (χ2v) is 8.08. The highest BCUT2D eigenvalue weighted by molar-refractivity contribution is 6.35. The summed E-state index contributed by atoms with van der Waals surface area (Å²) in [7, 11) is 0. The molecule has 0 saturated heterocycles. The van der Waals surface area contributed by atoms with Crippen LogP contribution in [0.15, 0.2) is 54.9 Å². The number of carbonyl (C=O) groups excluding carboxylic acids is 1. The average Bonchev–Trinajstić information content (AvgIpc) is 3.42. The van der Waals surface area contributed by atoms with E-state index in [0.717, 1.165) is 35.4 Å². The Morgan fingerprint density at radius 3 is 2.61 bits per heavy atom. The lowest BCUT2D eigenvalue weighted by atomic mass is 10.1. The highest BCUT2D eigenvalue weighted by Gasteiger charge is 2.33. The molecule has 6 heteroatoms. The van der Waals surface area contributed by atoms with Gasteiger partial charge in [0.2, 0.25) is 0 Å². The lowest BCUT2D eigenvalue weighted by molar-refractivity contribution is 0.0723. The van der Waals surface area contributed by atoms with E-state index in [1.165, 1.54) is 0 Å². The largest absolute Gasteiger partial charge is 0.329 e. The summed E-state index contributed by atoms with van der Waals surface area (Å²) in [5.41, 5.74) is 2.83. The number of benzene rings is 2. The fraction of sp³-hybridized carbons (Fsp3) is 0.273. The third kappa shape index (κ3) is 4.23. The lowest BCUT2D eigenvalue weighted by Gasteiger charge is -2.23. The molecule has 0 bridgehead atoms.